The van der Waals surface area contributed by atoms with Gasteiger partial charge in [-0.25, -0.2) is 0 Å². The van der Waals surface area contributed by atoms with Crippen LogP contribution in [-0.2, 0) is 5.41 Å². The highest BCUT2D eigenvalue weighted by Gasteiger charge is 2.23. The molecule has 1 atom stereocenters. The maximum atomic E-state index is 8.91. The third-order valence-electron chi connectivity index (χ3n) is 2.11. The number of nitriles is 1. The Labute approximate surface area is 71.3 Å². The van der Waals surface area contributed by atoms with Gasteiger partial charge in [0, 0.05) is 0 Å². The van der Waals surface area contributed by atoms with E-state index >= 15 is 0 Å². The smallest absolute Gasteiger partial charge is 0.0799 e. The third kappa shape index (κ3) is 1.44. The molecule has 1 nitrogen and oxygen atoms in total. The second-order valence-corrected chi connectivity index (χ2v) is 3.59. The summed E-state index contributed by atoms with van der Waals surface area (Å²) >= 11 is 1.65. The third-order valence-corrected chi connectivity index (χ3v) is 2.80. The van der Waals surface area contributed by atoms with Crippen LogP contribution < -0.4 is 0 Å². The van der Waals surface area contributed by atoms with Crippen molar-refractivity contribution in [2.45, 2.75) is 25.7 Å². The second-order valence-electron chi connectivity index (χ2n) is 2.81. The summed E-state index contributed by atoms with van der Waals surface area (Å²) < 4.78 is 0. The lowest BCUT2D eigenvalue weighted by Crippen LogP contribution is -2.16. The standard InChI is InChI=1S/C9H11NS/c1-3-9(2,7-10)8-4-5-11-6-8/h4-6H,3H2,1-2H3. The van der Waals surface area contributed by atoms with Crippen LogP contribution in [0.1, 0.15) is 25.8 Å². The van der Waals surface area contributed by atoms with Crippen LogP contribution in [0.2, 0.25) is 0 Å². The molecular formula is C9H11NS. The van der Waals surface area contributed by atoms with E-state index in [0.717, 1.165) is 12.0 Å². The van der Waals surface area contributed by atoms with E-state index in [2.05, 4.69) is 6.07 Å². The van der Waals surface area contributed by atoms with Crippen molar-refractivity contribution in [2.24, 2.45) is 0 Å². The van der Waals surface area contributed by atoms with Crippen LogP contribution in [0.5, 0.6) is 0 Å². The summed E-state index contributed by atoms with van der Waals surface area (Å²) in [6.45, 7) is 4.02. The van der Waals surface area contributed by atoms with E-state index < -0.39 is 0 Å². The van der Waals surface area contributed by atoms with Crippen molar-refractivity contribution in [3.8, 4) is 6.07 Å². The summed E-state index contributed by atoms with van der Waals surface area (Å²) in [6.07, 6.45) is 0.875. The van der Waals surface area contributed by atoms with Crippen molar-refractivity contribution in [1.82, 2.24) is 0 Å². The Balaban J connectivity index is 2.99. The van der Waals surface area contributed by atoms with Gasteiger partial charge in [-0.1, -0.05) is 6.92 Å². The number of hydrogen-bond acceptors (Lipinski definition) is 2. The molecule has 0 N–H and O–H groups in total. The molecular weight excluding hydrogens is 154 g/mol. The van der Waals surface area contributed by atoms with Gasteiger partial charge in [0.25, 0.3) is 0 Å². The number of rotatable bonds is 2. The molecule has 0 saturated carbocycles. The van der Waals surface area contributed by atoms with E-state index in [-0.39, 0.29) is 5.41 Å². The van der Waals surface area contributed by atoms with Crippen molar-refractivity contribution in [2.75, 3.05) is 0 Å². The van der Waals surface area contributed by atoms with Crippen LogP contribution in [0, 0.1) is 11.3 Å². The maximum absolute atomic E-state index is 8.91. The minimum Gasteiger partial charge on any atom is -0.197 e. The molecule has 0 aromatic carbocycles. The lowest BCUT2D eigenvalue weighted by atomic mass is 9.83. The van der Waals surface area contributed by atoms with Crippen molar-refractivity contribution in [1.29, 1.82) is 5.26 Å². The predicted molar refractivity (Wildman–Crippen MR) is 47.6 cm³/mol. The van der Waals surface area contributed by atoms with E-state index in [9.17, 15) is 0 Å². The van der Waals surface area contributed by atoms with Gasteiger partial charge in [0.2, 0.25) is 0 Å². The Morgan fingerprint density at radius 1 is 1.73 bits per heavy atom. The minimum absolute atomic E-state index is 0.278. The van der Waals surface area contributed by atoms with Crippen LogP contribution in [0.3, 0.4) is 0 Å². The lowest BCUT2D eigenvalue weighted by molar-refractivity contribution is 0.589. The van der Waals surface area contributed by atoms with Gasteiger partial charge in [0.15, 0.2) is 0 Å². The van der Waals surface area contributed by atoms with Gasteiger partial charge >= 0.3 is 0 Å². The first-order valence-corrected chi connectivity index (χ1v) is 4.61. The summed E-state index contributed by atoms with van der Waals surface area (Å²) in [5, 5.41) is 13.0. The van der Waals surface area contributed by atoms with Crippen molar-refractivity contribution in [3.05, 3.63) is 22.4 Å². The molecule has 0 fully saturated rings. The summed E-state index contributed by atoms with van der Waals surface area (Å²) in [6, 6.07) is 4.36. The molecule has 0 bridgehead atoms. The summed E-state index contributed by atoms with van der Waals surface area (Å²) in [5.41, 5.74) is 0.868. The second kappa shape index (κ2) is 3.06. The first-order valence-electron chi connectivity index (χ1n) is 3.67. The van der Waals surface area contributed by atoms with E-state index in [1.807, 2.05) is 30.7 Å². The fourth-order valence-electron chi connectivity index (χ4n) is 0.926. The molecule has 0 aliphatic heterocycles. The molecule has 0 spiro atoms. The zero-order chi connectivity index (χ0) is 8.32. The zero-order valence-corrected chi connectivity index (χ0v) is 7.61. The van der Waals surface area contributed by atoms with E-state index in [0.29, 0.717) is 0 Å². The molecule has 0 aliphatic rings. The molecule has 0 saturated heterocycles. The zero-order valence-electron chi connectivity index (χ0n) is 6.79. The van der Waals surface area contributed by atoms with Crippen LogP contribution >= 0.6 is 11.3 Å². The van der Waals surface area contributed by atoms with Crippen molar-refractivity contribution >= 4 is 11.3 Å². The van der Waals surface area contributed by atoms with Gasteiger partial charge in [0.1, 0.15) is 0 Å². The highest BCUT2D eigenvalue weighted by molar-refractivity contribution is 7.08. The molecule has 0 aliphatic carbocycles. The Morgan fingerprint density at radius 2 is 2.45 bits per heavy atom. The lowest BCUT2D eigenvalue weighted by Gasteiger charge is -2.16. The van der Waals surface area contributed by atoms with Crippen LogP contribution in [-0.4, -0.2) is 0 Å². The van der Waals surface area contributed by atoms with Crippen molar-refractivity contribution in [3.63, 3.8) is 0 Å². The Kier molecular flexibility index (Phi) is 2.31. The molecule has 1 heterocycles. The molecule has 2 heteroatoms. The highest BCUT2D eigenvalue weighted by atomic mass is 32.1. The maximum Gasteiger partial charge on any atom is 0.0799 e. The van der Waals surface area contributed by atoms with Gasteiger partial charge in [-0.3, -0.25) is 0 Å². The Bertz CT molecular complexity index is 258. The molecule has 0 radical (unpaired) electrons. The minimum atomic E-state index is -0.278. The SMILES string of the molecule is CCC(C)(C#N)c1ccsc1. The average Bonchev–Trinajstić information content (AvgIpc) is 2.55. The van der Waals surface area contributed by atoms with E-state index in [1.165, 1.54) is 0 Å². The highest BCUT2D eigenvalue weighted by Crippen LogP contribution is 2.27. The quantitative estimate of drug-likeness (QED) is 0.661. The van der Waals surface area contributed by atoms with Crippen LogP contribution in [0.25, 0.3) is 0 Å². The largest absolute Gasteiger partial charge is 0.197 e. The summed E-state index contributed by atoms with van der Waals surface area (Å²) in [4.78, 5) is 0. The summed E-state index contributed by atoms with van der Waals surface area (Å²) in [7, 11) is 0. The average molecular weight is 165 g/mol. The molecule has 0 amide bonds. The van der Waals surface area contributed by atoms with Gasteiger partial charge in [-0.05, 0) is 35.7 Å². The molecule has 1 rings (SSSR count). The molecule has 1 aromatic rings. The van der Waals surface area contributed by atoms with Crippen molar-refractivity contribution < 1.29 is 0 Å². The van der Waals surface area contributed by atoms with Crippen LogP contribution in [0.4, 0.5) is 0 Å². The predicted octanol–water partition coefficient (Wildman–Crippen LogP) is 2.94. The fourth-order valence-corrected chi connectivity index (χ4v) is 1.72. The topological polar surface area (TPSA) is 23.8 Å². The van der Waals surface area contributed by atoms with Crippen LogP contribution in [0.15, 0.2) is 16.8 Å². The molecule has 58 valence electrons. The number of nitrogens with zero attached hydrogens (tertiary/aromatic N) is 1. The van der Waals surface area contributed by atoms with Gasteiger partial charge in [-0.15, -0.1) is 0 Å². The molecule has 1 unspecified atom stereocenters. The van der Waals surface area contributed by atoms with Gasteiger partial charge < -0.3 is 0 Å². The number of thiophene rings is 1. The first kappa shape index (κ1) is 8.29. The van der Waals surface area contributed by atoms with Gasteiger partial charge in [0.05, 0.1) is 11.5 Å². The summed E-state index contributed by atoms with van der Waals surface area (Å²) in [5.74, 6) is 0. The van der Waals surface area contributed by atoms with E-state index in [4.69, 9.17) is 5.26 Å². The van der Waals surface area contributed by atoms with Gasteiger partial charge in [-0.2, -0.15) is 16.6 Å². The number of hydrogen-bond donors (Lipinski definition) is 0. The first-order chi connectivity index (χ1) is 5.23. The molecule has 1 aromatic heterocycles. The molecule has 11 heavy (non-hydrogen) atoms. The fraction of sp³-hybridized carbons (Fsp3) is 0.444. The monoisotopic (exact) mass is 165 g/mol. The van der Waals surface area contributed by atoms with E-state index in [1.54, 1.807) is 11.3 Å². The normalized spacial score (nSPS) is 15.4. The Hall–Kier alpha value is -0.810. The Morgan fingerprint density at radius 3 is 2.82 bits per heavy atom.